The van der Waals surface area contributed by atoms with Crippen molar-refractivity contribution in [3.8, 4) is 0 Å². The highest BCUT2D eigenvalue weighted by atomic mass is 16.2. The van der Waals surface area contributed by atoms with Gasteiger partial charge in [0.25, 0.3) is 11.5 Å². The highest BCUT2D eigenvalue weighted by Crippen LogP contribution is 2.14. The van der Waals surface area contributed by atoms with E-state index < -0.39 is 17.0 Å². The molecule has 0 unspecified atom stereocenters. The number of Topliss-reactive ketones (excluding diaryl/α,β-unsaturated/α-hetero) is 1. The molecule has 1 aliphatic heterocycles. The molecule has 2 heterocycles. The Morgan fingerprint density at radius 1 is 1.00 bits per heavy atom. The number of nitrogens with two attached hydrogens (primary N) is 1. The maximum Gasteiger partial charge on any atom is 0.332 e. The number of amides is 1. The molecule has 2 N–H and O–H groups in total. The maximum absolute atomic E-state index is 13.0. The number of anilines is 1. The molecule has 1 aromatic heterocycles. The lowest BCUT2D eigenvalue weighted by Crippen LogP contribution is -2.51. The highest BCUT2D eigenvalue weighted by Gasteiger charge is 2.27. The van der Waals surface area contributed by atoms with Gasteiger partial charge in [-0.3, -0.25) is 28.4 Å². The minimum Gasteiger partial charge on any atom is -0.384 e. The standard InChI is InChI=1S/C24H33N5O4/c1-15(2)13-29-21(25)20(23(32)26(5)24(29)33)19(30)14-27-6-8-28(9-7-27)22(31)18-11-16(3)10-17(4)12-18/h10-12,15H,6-9,13-14,25H2,1-5H3. The molecule has 0 bridgehead atoms. The van der Waals surface area contributed by atoms with Crippen molar-refractivity contribution in [3.05, 3.63) is 61.3 Å². The van der Waals surface area contributed by atoms with Gasteiger partial charge in [0.05, 0.1) is 6.54 Å². The third kappa shape index (κ3) is 5.24. The zero-order chi connectivity index (χ0) is 24.4. The van der Waals surface area contributed by atoms with Gasteiger partial charge in [0, 0.05) is 45.3 Å². The minimum absolute atomic E-state index is 0.00487. The fraction of sp³-hybridized carbons (Fsp3) is 0.500. The van der Waals surface area contributed by atoms with Crippen molar-refractivity contribution in [1.82, 2.24) is 18.9 Å². The van der Waals surface area contributed by atoms with Gasteiger partial charge in [0.2, 0.25) is 0 Å². The number of nitrogens with zero attached hydrogens (tertiary/aromatic N) is 4. The van der Waals surface area contributed by atoms with Crippen LogP contribution in [-0.4, -0.2) is 63.3 Å². The summed E-state index contributed by atoms with van der Waals surface area (Å²) < 4.78 is 2.23. The van der Waals surface area contributed by atoms with Gasteiger partial charge in [0.15, 0.2) is 5.78 Å². The zero-order valence-corrected chi connectivity index (χ0v) is 20.1. The molecule has 9 nitrogen and oxygen atoms in total. The summed E-state index contributed by atoms with van der Waals surface area (Å²) in [4.78, 5) is 54.7. The van der Waals surface area contributed by atoms with Crippen molar-refractivity contribution in [2.75, 3.05) is 38.5 Å². The maximum atomic E-state index is 13.0. The Hall–Kier alpha value is -3.20. The van der Waals surface area contributed by atoms with Gasteiger partial charge in [-0.25, -0.2) is 4.79 Å². The molecule has 178 valence electrons. The van der Waals surface area contributed by atoms with E-state index in [1.54, 1.807) is 4.90 Å². The lowest BCUT2D eigenvalue weighted by atomic mass is 10.1. The van der Waals surface area contributed by atoms with Gasteiger partial charge in [0.1, 0.15) is 11.4 Å². The molecule has 9 heteroatoms. The zero-order valence-electron chi connectivity index (χ0n) is 20.1. The minimum atomic E-state index is -0.675. The first kappa shape index (κ1) is 24.4. The average Bonchev–Trinajstić information content (AvgIpc) is 2.74. The summed E-state index contributed by atoms with van der Waals surface area (Å²) in [5.74, 6) is -0.398. The number of aryl methyl sites for hydroxylation is 2. The third-order valence-corrected chi connectivity index (χ3v) is 5.91. The van der Waals surface area contributed by atoms with Crippen LogP contribution in [0.5, 0.6) is 0 Å². The van der Waals surface area contributed by atoms with Crippen molar-refractivity contribution in [3.63, 3.8) is 0 Å². The molecule has 0 spiro atoms. The summed E-state index contributed by atoms with van der Waals surface area (Å²) in [7, 11) is 1.36. The average molecular weight is 456 g/mol. The SMILES string of the molecule is Cc1cc(C)cc(C(=O)N2CCN(CC(=O)c3c(N)n(CC(C)C)c(=O)n(C)c3=O)CC2)c1. The summed E-state index contributed by atoms with van der Waals surface area (Å²) in [6.07, 6.45) is 0. The van der Waals surface area contributed by atoms with Crippen molar-refractivity contribution >= 4 is 17.5 Å². The van der Waals surface area contributed by atoms with Gasteiger partial charge < -0.3 is 10.6 Å². The number of aromatic nitrogens is 2. The summed E-state index contributed by atoms with van der Waals surface area (Å²) in [5.41, 5.74) is 7.52. The van der Waals surface area contributed by atoms with Crippen LogP contribution in [0.3, 0.4) is 0 Å². The first-order valence-corrected chi connectivity index (χ1v) is 11.2. The molecule has 1 fully saturated rings. The molecular weight excluding hydrogens is 422 g/mol. The van der Waals surface area contributed by atoms with Crippen LogP contribution in [0.15, 0.2) is 27.8 Å². The van der Waals surface area contributed by atoms with E-state index >= 15 is 0 Å². The quantitative estimate of drug-likeness (QED) is 0.652. The molecular formula is C24H33N5O4. The van der Waals surface area contributed by atoms with Crippen LogP contribution >= 0.6 is 0 Å². The second-order valence-corrected chi connectivity index (χ2v) is 9.28. The number of piperazine rings is 1. The number of ketones is 1. The summed E-state index contributed by atoms with van der Waals surface area (Å²) in [6.45, 7) is 10.1. The monoisotopic (exact) mass is 455 g/mol. The fourth-order valence-electron chi connectivity index (χ4n) is 4.26. The number of rotatable bonds is 6. The van der Waals surface area contributed by atoms with Gasteiger partial charge in [-0.15, -0.1) is 0 Å². The van der Waals surface area contributed by atoms with Crippen LogP contribution in [0, 0.1) is 19.8 Å². The predicted octanol–water partition coefficient (Wildman–Crippen LogP) is 1.04. The number of hydrogen-bond acceptors (Lipinski definition) is 6. The number of carbonyl (C=O) groups excluding carboxylic acids is 2. The van der Waals surface area contributed by atoms with Crippen LogP contribution in [0.1, 0.15) is 45.7 Å². The Balaban J connectivity index is 1.72. The second-order valence-electron chi connectivity index (χ2n) is 9.28. The Labute approximate surface area is 193 Å². The normalized spacial score (nSPS) is 14.7. The van der Waals surface area contributed by atoms with Crippen molar-refractivity contribution in [2.45, 2.75) is 34.2 Å². The molecule has 33 heavy (non-hydrogen) atoms. The molecule has 1 saturated heterocycles. The molecule has 1 aromatic carbocycles. The third-order valence-electron chi connectivity index (χ3n) is 5.91. The smallest absolute Gasteiger partial charge is 0.332 e. The van der Waals surface area contributed by atoms with Gasteiger partial charge >= 0.3 is 5.69 Å². The molecule has 1 aliphatic rings. The first-order valence-electron chi connectivity index (χ1n) is 11.2. The topological polar surface area (TPSA) is 111 Å². The van der Waals surface area contributed by atoms with Crippen LogP contribution < -0.4 is 17.0 Å². The fourth-order valence-corrected chi connectivity index (χ4v) is 4.26. The van der Waals surface area contributed by atoms with E-state index in [0.717, 1.165) is 15.7 Å². The van der Waals surface area contributed by atoms with Crippen molar-refractivity contribution < 1.29 is 9.59 Å². The number of nitrogen functional groups attached to an aromatic ring is 1. The van der Waals surface area contributed by atoms with Crippen molar-refractivity contribution in [1.29, 1.82) is 0 Å². The number of hydrogen-bond donors (Lipinski definition) is 1. The van der Waals surface area contributed by atoms with E-state index in [1.807, 2.05) is 50.8 Å². The largest absolute Gasteiger partial charge is 0.384 e. The molecule has 0 radical (unpaired) electrons. The predicted molar refractivity (Wildman–Crippen MR) is 128 cm³/mol. The van der Waals surface area contributed by atoms with Gasteiger partial charge in [-0.1, -0.05) is 31.0 Å². The summed E-state index contributed by atoms with van der Waals surface area (Å²) in [5, 5.41) is 0. The van der Waals surface area contributed by atoms with Crippen LogP contribution in [0.25, 0.3) is 0 Å². The van der Waals surface area contributed by atoms with E-state index in [0.29, 0.717) is 38.3 Å². The highest BCUT2D eigenvalue weighted by molar-refractivity contribution is 6.01. The Morgan fingerprint density at radius 2 is 1.58 bits per heavy atom. The van der Waals surface area contributed by atoms with E-state index in [9.17, 15) is 19.2 Å². The molecule has 0 aliphatic carbocycles. The second kappa shape index (κ2) is 9.74. The summed E-state index contributed by atoms with van der Waals surface area (Å²) >= 11 is 0. The van der Waals surface area contributed by atoms with Crippen LogP contribution in [0.2, 0.25) is 0 Å². The molecule has 2 aromatic rings. The lowest BCUT2D eigenvalue weighted by Gasteiger charge is -2.34. The van der Waals surface area contributed by atoms with E-state index in [4.69, 9.17) is 5.73 Å². The Morgan fingerprint density at radius 3 is 2.12 bits per heavy atom. The number of benzene rings is 1. The van der Waals surface area contributed by atoms with Crippen LogP contribution in [0.4, 0.5) is 5.82 Å². The van der Waals surface area contributed by atoms with E-state index in [1.165, 1.54) is 11.6 Å². The molecule has 0 atom stereocenters. The number of carbonyl (C=O) groups is 2. The molecule has 1 amide bonds. The van der Waals surface area contributed by atoms with Crippen LogP contribution in [-0.2, 0) is 13.6 Å². The van der Waals surface area contributed by atoms with E-state index in [-0.39, 0.29) is 29.8 Å². The Bertz CT molecular complexity index is 1170. The van der Waals surface area contributed by atoms with Gasteiger partial charge in [-0.05, 0) is 31.9 Å². The summed E-state index contributed by atoms with van der Waals surface area (Å²) in [6, 6.07) is 5.80. The lowest BCUT2D eigenvalue weighted by molar-refractivity contribution is 0.0624. The van der Waals surface area contributed by atoms with Crippen molar-refractivity contribution in [2.24, 2.45) is 13.0 Å². The molecule has 3 rings (SSSR count). The first-order chi connectivity index (χ1) is 15.5. The van der Waals surface area contributed by atoms with Gasteiger partial charge in [-0.2, -0.15) is 0 Å². The molecule has 0 saturated carbocycles. The van der Waals surface area contributed by atoms with E-state index in [2.05, 4.69) is 0 Å². The Kier molecular flexibility index (Phi) is 7.22.